The van der Waals surface area contributed by atoms with Crippen molar-refractivity contribution in [3.05, 3.63) is 0 Å². The highest BCUT2D eigenvalue weighted by atomic mass is 32.2. The summed E-state index contributed by atoms with van der Waals surface area (Å²) in [5, 5.41) is 58.3. The van der Waals surface area contributed by atoms with Gasteiger partial charge in [-0.3, -0.25) is 67.1 Å². The summed E-state index contributed by atoms with van der Waals surface area (Å²) in [5.41, 5.74) is 16.1. The van der Waals surface area contributed by atoms with Crippen LogP contribution in [0.1, 0.15) is 86.0 Å². The van der Waals surface area contributed by atoms with Crippen LogP contribution in [0.25, 0.3) is 0 Å². The molecule has 5 unspecified atom stereocenters. The van der Waals surface area contributed by atoms with Crippen molar-refractivity contribution in [3.63, 3.8) is 0 Å². The number of nitrogens with one attached hydrogen (secondary N) is 9. The van der Waals surface area contributed by atoms with E-state index in [0.29, 0.717) is 12.2 Å². The number of nitrogens with two attached hydrogens (primary N) is 3. The van der Waals surface area contributed by atoms with E-state index in [0.717, 1.165) is 0 Å². The summed E-state index contributed by atoms with van der Waals surface area (Å²) in [7, 11) is 0. The van der Waals surface area contributed by atoms with E-state index in [4.69, 9.17) is 22.3 Å². The largest absolute Gasteiger partial charge is 0.481 e. The Kier molecular flexibility index (Phi) is 30.2. The number of hydrogen-bond acceptors (Lipinski definition) is 17. The number of amides is 11. The maximum absolute atomic E-state index is 13.6. The summed E-state index contributed by atoms with van der Waals surface area (Å²) in [6.07, 6.45) is -2.37. The highest BCUT2D eigenvalue weighted by Crippen LogP contribution is 2.11. The van der Waals surface area contributed by atoms with Crippen molar-refractivity contribution < 1.29 is 87.5 Å². The summed E-state index contributed by atoms with van der Waals surface area (Å²) < 4.78 is 0. The van der Waals surface area contributed by atoms with E-state index in [2.05, 4.69) is 37.2 Å². The van der Waals surface area contributed by atoms with Crippen LogP contribution in [-0.4, -0.2) is 183 Å². The van der Waals surface area contributed by atoms with Crippen LogP contribution in [0.5, 0.6) is 0 Å². The van der Waals surface area contributed by atoms with Gasteiger partial charge in [-0.25, -0.2) is 0 Å². The first-order valence-corrected chi connectivity index (χ1v) is 24.2. The SMILES string of the molecule is CC[C@H](C)C(NC(=O)[C@H](CCSC)NC(=O)C(C)N)C(=O)NCC(=O)NC(CO)C(=O)N[C@H](C(=O)NC(CC(=O)O)C(=O)N[C@@H](CCC(N)=O)C(=O)NC(CC(=O)O)C(=O)N[C@@H](CCC(=O)O)C(N)=O)C(C)C. The zero-order valence-electron chi connectivity index (χ0n) is 41.3. The predicted octanol–water partition coefficient (Wildman–Crippen LogP) is -6.66. The molecule has 0 saturated heterocycles. The molecule has 0 spiro atoms. The van der Waals surface area contributed by atoms with Crippen molar-refractivity contribution in [2.24, 2.45) is 29.0 Å². The molecule has 0 aliphatic carbocycles. The van der Waals surface area contributed by atoms with Gasteiger partial charge in [0.15, 0.2) is 0 Å². The molecule has 0 fully saturated rings. The molecule has 0 radical (unpaired) electrons. The standard InChI is InChI=1S/C42H70N12O18S/c1-7-19(4)33(54-37(67)23(12-13-73-6)49-35(65)20(5)43)41(71)46-16-28(57)47-26(17-55)40(70)53-32(18(2)3)42(72)52-25(15-31(62)63)39(69)50-22(8-10-27(44)56)36(66)51-24(14-30(60)61)38(68)48-21(34(45)64)9-11-29(58)59/h18-26,32-33,55H,7-17,43H2,1-6H3,(H2,44,56)(H2,45,64)(H,46,71)(H,47,57)(H,48,68)(H,49,65)(H,50,69)(H,51,66)(H,52,72)(H,53,70)(H,54,67)(H,58,59)(H,60,61)(H,62,63)/t19-,20?,21-,22-,23-,24?,25?,26?,32-,33?/m0/s1. The fraction of sp³-hybridized carbons (Fsp3) is 0.667. The Bertz CT molecular complexity index is 2010. The smallest absolute Gasteiger partial charge is 0.305 e. The molecule has 10 atom stereocenters. The molecule has 0 heterocycles. The zero-order chi connectivity index (χ0) is 56.3. The van der Waals surface area contributed by atoms with Gasteiger partial charge in [-0.15, -0.1) is 0 Å². The molecule has 0 aliphatic heterocycles. The number of primary amides is 2. The molecular weight excluding hydrogens is 993 g/mol. The minimum Gasteiger partial charge on any atom is -0.481 e. The Labute approximate surface area is 423 Å². The zero-order valence-corrected chi connectivity index (χ0v) is 42.1. The van der Waals surface area contributed by atoms with Crippen LogP contribution in [0.15, 0.2) is 0 Å². The number of carboxylic acid groups (broad SMARTS) is 3. The minimum atomic E-state index is -2.05. The van der Waals surface area contributed by atoms with Crippen molar-refractivity contribution in [3.8, 4) is 0 Å². The van der Waals surface area contributed by atoms with E-state index in [9.17, 15) is 82.4 Å². The molecule has 0 aromatic carbocycles. The summed E-state index contributed by atoms with van der Waals surface area (Å²) in [6, 6.07) is -14.1. The van der Waals surface area contributed by atoms with Gasteiger partial charge < -0.3 is 85.5 Å². The van der Waals surface area contributed by atoms with Crippen molar-refractivity contribution >= 4 is 94.6 Å². The molecule has 0 aromatic rings. The van der Waals surface area contributed by atoms with E-state index >= 15 is 0 Å². The number of carboxylic acids is 3. The predicted molar refractivity (Wildman–Crippen MR) is 255 cm³/mol. The van der Waals surface area contributed by atoms with Crippen LogP contribution in [0.4, 0.5) is 0 Å². The van der Waals surface area contributed by atoms with Gasteiger partial charge in [-0.05, 0) is 50.0 Å². The molecule has 0 rings (SSSR count). The molecule has 11 amide bonds. The number of aliphatic hydroxyl groups excluding tert-OH is 1. The number of carbonyl (C=O) groups is 14. The second-order valence-corrected chi connectivity index (χ2v) is 18.0. The monoisotopic (exact) mass is 1060 g/mol. The molecule has 412 valence electrons. The third-order valence-corrected chi connectivity index (χ3v) is 11.2. The van der Waals surface area contributed by atoms with Gasteiger partial charge >= 0.3 is 17.9 Å². The number of aliphatic carboxylic acids is 3. The van der Waals surface area contributed by atoms with Crippen molar-refractivity contribution in [1.29, 1.82) is 0 Å². The lowest BCUT2D eigenvalue weighted by Crippen LogP contribution is -2.61. The van der Waals surface area contributed by atoms with E-state index in [-0.39, 0.29) is 6.42 Å². The van der Waals surface area contributed by atoms with Crippen LogP contribution >= 0.6 is 11.8 Å². The van der Waals surface area contributed by atoms with E-state index in [1.807, 2.05) is 10.6 Å². The molecule has 0 aromatic heterocycles. The maximum Gasteiger partial charge on any atom is 0.305 e. The molecule has 0 saturated carbocycles. The van der Waals surface area contributed by atoms with Crippen LogP contribution in [0.2, 0.25) is 0 Å². The second-order valence-electron chi connectivity index (χ2n) is 17.0. The lowest BCUT2D eigenvalue weighted by atomic mass is 9.97. The van der Waals surface area contributed by atoms with Gasteiger partial charge in [-0.2, -0.15) is 11.8 Å². The Morgan fingerprint density at radius 3 is 1.40 bits per heavy atom. The molecule has 19 N–H and O–H groups in total. The Morgan fingerprint density at radius 1 is 0.507 bits per heavy atom. The molecule has 0 aliphatic rings. The maximum atomic E-state index is 13.6. The van der Waals surface area contributed by atoms with Gasteiger partial charge in [-0.1, -0.05) is 34.1 Å². The average molecular weight is 1060 g/mol. The van der Waals surface area contributed by atoms with Gasteiger partial charge in [0.2, 0.25) is 65.0 Å². The van der Waals surface area contributed by atoms with Gasteiger partial charge in [0.25, 0.3) is 0 Å². The van der Waals surface area contributed by atoms with Crippen LogP contribution in [0.3, 0.4) is 0 Å². The summed E-state index contributed by atoms with van der Waals surface area (Å²) >= 11 is 1.41. The van der Waals surface area contributed by atoms with Crippen LogP contribution in [0, 0.1) is 11.8 Å². The molecule has 0 bridgehead atoms. The fourth-order valence-corrected chi connectivity index (χ4v) is 6.70. The number of carbonyl (C=O) groups excluding carboxylic acids is 11. The van der Waals surface area contributed by atoms with Gasteiger partial charge in [0, 0.05) is 12.8 Å². The number of aliphatic hydroxyl groups is 1. The number of hydrogen-bond donors (Lipinski definition) is 16. The first-order chi connectivity index (χ1) is 34.0. The molecule has 31 heteroatoms. The van der Waals surface area contributed by atoms with E-state index in [1.165, 1.54) is 32.5 Å². The topological polar surface area (TPSA) is 506 Å². The lowest BCUT2D eigenvalue weighted by Gasteiger charge is -2.28. The highest BCUT2D eigenvalue weighted by Gasteiger charge is 2.36. The third kappa shape index (κ3) is 25.7. The quantitative estimate of drug-likeness (QED) is 0.0277. The summed E-state index contributed by atoms with van der Waals surface area (Å²) in [6.45, 7) is 5.81. The summed E-state index contributed by atoms with van der Waals surface area (Å²) in [4.78, 5) is 177. The summed E-state index contributed by atoms with van der Waals surface area (Å²) in [5.74, 6) is -17.3. The Hall–Kier alpha value is -7.15. The van der Waals surface area contributed by atoms with Crippen molar-refractivity contribution in [2.75, 3.05) is 25.2 Å². The second kappa shape index (κ2) is 33.5. The third-order valence-electron chi connectivity index (χ3n) is 10.6. The van der Waals surface area contributed by atoms with Gasteiger partial charge in [0.1, 0.15) is 48.3 Å². The minimum absolute atomic E-state index is 0.208. The van der Waals surface area contributed by atoms with Crippen LogP contribution < -0.4 is 65.1 Å². The fourth-order valence-electron chi connectivity index (χ4n) is 6.22. The normalized spacial score (nSPS) is 15.0. The number of thioether (sulfide) groups is 1. The first-order valence-electron chi connectivity index (χ1n) is 22.8. The lowest BCUT2D eigenvalue weighted by molar-refractivity contribution is -0.142. The van der Waals surface area contributed by atoms with Gasteiger partial charge in [0.05, 0.1) is 32.0 Å². The molecular formula is C42H70N12O18S. The van der Waals surface area contributed by atoms with Crippen molar-refractivity contribution in [2.45, 2.75) is 140 Å². The Balaban J connectivity index is 6.23. The average Bonchev–Trinajstić information content (AvgIpc) is 3.30. The molecule has 73 heavy (non-hydrogen) atoms. The van der Waals surface area contributed by atoms with Crippen molar-refractivity contribution in [1.82, 2.24) is 47.9 Å². The Morgan fingerprint density at radius 2 is 0.945 bits per heavy atom. The van der Waals surface area contributed by atoms with Crippen LogP contribution in [-0.2, 0) is 67.1 Å². The van der Waals surface area contributed by atoms with E-state index < -0.39 is 201 Å². The molecule has 30 nitrogen and oxygen atoms in total. The highest BCUT2D eigenvalue weighted by molar-refractivity contribution is 7.98. The number of rotatable bonds is 36. The van der Waals surface area contributed by atoms with E-state index in [1.54, 1.807) is 20.1 Å². The first kappa shape index (κ1) is 65.8.